The molecule has 1 heterocycles. The van der Waals surface area contributed by atoms with Gasteiger partial charge in [-0.3, -0.25) is 9.89 Å². The van der Waals surface area contributed by atoms with E-state index in [-0.39, 0.29) is 5.75 Å². The summed E-state index contributed by atoms with van der Waals surface area (Å²) in [6.45, 7) is 7.94. The van der Waals surface area contributed by atoms with E-state index in [1.807, 2.05) is 12.1 Å². The Morgan fingerprint density at radius 3 is 2.58 bits per heavy atom. The quantitative estimate of drug-likeness (QED) is 0.445. The number of aromatic hydroxyl groups is 1. The van der Waals surface area contributed by atoms with E-state index in [2.05, 4.69) is 59.7 Å². The average Bonchev–Trinajstić information content (AvgIpc) is 2.81. The largest absolute Gasteiger partial charge is 0.504 e. The molecule has 0 bridgehead atoms. The van der Waals surface area contributed by atoms with Crippen molar-refractivity contribution in [3.63, 3.8) is 0 Å². The molecular formula is C25H36N4O2. The molecule has 0 saturated carbocycles. The Bertz CT molecular complexity index is 833. The fourth-order valence-corrected chi connectivity index (χ4v) is 4.11. The van der Waals surface area contributed by atoms with Gasteiger partial charge in [0, 0.05) is 38.3 Å². The molecule has 0 aromatic heterocycles. The fourth-order valence-electron chi connectivity index (χ4n) is 4.11. The Hall–Kier alpha value is -2.73. The molecule has 6 heteroatoms. The van der Waals surface area contributed by atoms with Crippen LogP contribution in [0.3, 0.4) is 0 Å². The van der Waals surface area contributed by atoms with E-state index >= 15 is 0 Å². The Morgan fingerprint density at radius 1 is 1.16 bits per heavy atom. The molecule has 1 aliphatic heterocycles. The van der Waals surface area contributed by atoms with E-state index in [0.29, 0.717) is 30.8 Å². The first-order chi connectivity index (χ1) is 15.1. The van der Waals surface area contributed by atoms with Crippen LogP contribution in [0.5, 0.6) is 11.5 Å². The summed E-state index contributed by atoms with van der Waals surface area (Å²) in [5.41, 5.74) is 2.23. The SMILES string of the molecule is CCNC(=NCCc1cccc(OC)c1O)NC1CCN(C(C)c2ccccc2)CC1. The average molecular weight is 425 g/mol. The van der Waals surface area contributed by atoms with Gasteiger partial charge in [-0.2, -0.15) is 0 Å². The van der Waals surface area contributed by atoms with Crippen molar-refractivity contribution in [3.05, 3.63) is 59.7 Å². The lowest BCUT2D eigenvalue weighted by molar-refractivity contribution is 0.158. The van der Waals surface area contributed by atoms with Gasteiger partial charge in [0.05, 0.1) is 7.11 Å². The molecule has 6 nitrogen and oxygen atoms in total. The van der Waals surface area contributed by atoms with Gasteiger partial charge in [-0.25, -0.2) is 0 Å². The lowest BCUT2D eigenvalue weighted by atomic mass is 10.0. The smallest absolute Gasteiger partial charge is 0.191 e. The molecule has 1 atom stereocenters. The molecule has 1 aliphatic rings. The van der Waals surface area contributed by atoms with Crippen LogP contribution in [0.4, 0.5) is 0 Å². The van der Waals surface area contributed by atoms with Crippen molar-refractivity contribution in [2.24, 2.45) is 4.99 Å². The molecule has 0 amide bonds. The summed E-state index contributed by atoms with van der Waals surface area (Å²) >= 11 is 0. The number of phenols is 1. The predicted molar refractivity (Wildman–Crippen MR) is 127 cm³/mol. The number of nitrogens with zero attached hydrogens (tertiary/aromatic N) is 2. The number of ether oxygens (including phenoxy) is 1. The minimum atomic E-state index is 0.207. The number of aliphatic imine (C=N–C) groups is 1. The van der Waals surface area contributed by atoms with Crippen molar-refractivity contribution >= 4 is 5.96 Å². The lowest BCUT2D eigenvalue weighted by Gasteiger charge is -2.37. The Balaban J connectivity index is 1.51. The van der Waals surface area contributed by atoms with Crippen molar-refractivity contribution in [1.82, 2.24) is 15.5 Å². The number of likely N-dealkylation sites (tertiary alicyclic amines) is 1. The summed E-state index contributed by atoms with van der Waals surface area (Å²) in [4.78, 5) is 7.29. The van der Waals surface area contributed by atoms with Crippen molar-refractivity contribution in [2.75, 3.05) is 33.3 Å². The minimum Gasteiger partial charge on any atom is -0.504 e. The van der Waals surface area contributed by atoms with Gasteiger partial charge in [-0.15, -0.1) is 0 Å². The second kappa shape index (κ2) is 11.6. The van der Waals surface area contributed by atoms with Crippen molar-refractivity contribution < 1.29 is 9.84 Å². The van der Waals surface area contributed by atoms with Crippen molar-refractivity contribution in [2.45, 2.75) is 45.2 Å². The third-order valence-corrected chi connectivity index (χ3v) is 6.00. The third kappa shape index (κ3) is 6.37. The van der Waals surface area contributed by atoms with E-state index in [1.54, 1.807) is 13.2 Å². The predicted octanol–water partition coefficient (Wildman–Crippen LogP) is 3.72. The number of piperidine rings is 1. The van der Waals surface area contributed by atoms with E-state index in [0.717, 1.165) is 44.0 Å². The summed E-state index contributed by atoms with van der Waals surface area (Å²) in [5, 5.41) is 17.2. The van der Waals surface area contributed by atoms with Gasteiger partial charge < -0.3 is 20.5 Å². The Kier molecular flexibility index (Phi) is 8.59. The van der Waals surface area contributed by atoms with Crippen LogP contribution in [0, 0.1) is 0 Å². The molecule has 1 unspecified atom stereocenters. The number of para-hydroxylation sites is 1. The van der Waals surface area contributed by atoms with E-state index in [4.69, 9.17) is 9.73 Å². The molecule has 168 valence electrons. The second-order valence-corrected chi connectivity index (χ2v) is 8.02. The number of guanidine groups is 1. The maximum atomic E-state index is 10.3. The number of phenolic OH excluding ortho intramolecular Hbond substituents is 1. The van der Waals surface area contributed by atoms with Crippen LogP contribution in [0.25, 0.3) is 0 Å². The van der Waals surface area contributed by atoms with Crippen LogP contribution in [0.2, 0.25) is 0 Å². The molecule has 31 heavy (non-hydrogen) atoms. The molecular weight excluding hydrogens is 388 g/mol. The van der Waals surface area contributed by atoms with Crippen molar-refractivity contribution in [1.29, 1.82) is 0 Å². The number of rotatable bonds is 8. The molecule has 3 N–H and O–H groups in total. The monoisotopic (exact) mass is 424 g/mol. The maximum absolute atomic E-state index is 10.3. The Morgan fingerprint density at radius 2 is 1.90 bits per heavy atom. The molecule has 0 radical (unpaired) electrons. The first kappa shape index (κ1) is 22.9. The molecule has 0 aliphatic carbocycles. The zero-order valence-corrected chi connectivity index (χ0v) is 19.0. The standard InChI is InChI=1S/C25H36N4O2/c1-4-26-25(27-16-13-21-11-8-12-23(31-3)24(21)30)28-22-14-17-29(18-15-22)19(2)20-9-6-5-7-10-20/h5-12,19,22,30H,4,13-18H2,1-3H3,(H2,26,27,28). The summed E-state index contributed by atoms with van der Waals surface area (Å²) in [7, 11) is 1.57. The van der Waals surface area contributed by atoms with Crippen molar-refractivity contribution in [3.8, 4) is 11.5 Å². The minimum absolute atomic E-state index is 0.207. The van der Waals surface area contributed by atoms with Gasteiger partial charge in [0.25, 0.3) is 0 Å². The second-order valence-electron chi connectivity index (χ2n) is 8.02. The van der Waals surface area contributed by atoms with Crippen LogP contribution >= 0.6 is 0 Å². The molecule has 0 spiro atoms. The lowest BCUT2D eigenvalue weighted by Crippen LogP contribution is -2.49. The summed E-state index contributed by atoms with van der Waals surface area (Å²) in [5.74, 6) is 1.56. The number of methoxy groups -OCH3 is 1. The highest BCUT2D eigenvalue weighted by molar-refractivity contribution is 5.80. The summed E-state index contributed by atoms with van der Waals surface area (Å²) in [6.07, 6.45) is 2.85. The van der Waals surface area contributed by atoms with E-state index in [9.17, 15) is 5.11 Å². The zero-order chi connectivity index (χ0) is 22.1. The van der Waals surface area contributed by atoms with Gasteiger partial charge in [0.15, 0.2) is 17.5 Å². The number of hydrogen-bond acceptors (Lipinski definition) is 4. The number of nitrogens with one attached hydrogen (secondary N) is 2. The fraction of sp³-hybridized carbons (Fsp3) is 0.480. The van der Waals surface area contributed by atoms with Crippen LogP contribution in [-0.2, 0) is 6.42 Å². The molecule has 3 rings (SSSR count). The third-order valence-electron chi connectivity index (χ3n) is 6.00. The highest BCUT2D eigenvalue weighted by atomic mass is 16.5. The highest BCUT2D eigenvalue weighted by Gasteiger charge is 2.24. The van der Waals surface area contributed by atoms with Crippen LogP contribution in [-0.4, -0.2) is 55.3 Å². The van der Waals surface area contributed by atoms with Gasteiger partial charge in [-0.05, 0) is 50.3 Å². The maximum Gasteiger partial charge on any atom is 0.191 e. The van der Waals surface area contributed by atoms with Crippen LogP contribution in [0.1, 0.15) is 43.9 Å². The molecule has 2 aromatic rings. The van der Waals surface area contributed by atoms with Gasteiger partial charge in [0.2, 0.25) is 0 Å². The normalized spacial score (nSPS) is 16.7. The topological polar surface area (TPSA) is 69.1 Å². The Labute approximate surface area is 186 Å². The summed E-state index contributed by atoms with van der Waals surface area (Å²) < 4.78 is 5.19. The van der Waals surface area contributed by atoms with E-state index in [1.165, 1.54) is 5.56 Å². The first-order valence-electron chi connectivity index (χ1n) is 11.3. The zero-order valence-electron chi connectivity index (χ0n) is 19.0. The number of benzene rings is 2. The first-order valence-corrected chi connectivity index (χ1v) is 11.3. The van der Waals surface area contributed by atoms with Gasteiger partial charge >= 0.3 is 0 Å². The van der Waals surface area contributed by atoms with Gasteiger partial charge in [0.1, 0.15) is 0 Å². The molecule has 2 aromatic carbocycles. The molecule has 1 fully saturated rings. The summed E-state index contributed by atoms with van der Waals surface area (Å²) in [6, 6.07) is 17.2. The number of hydrogen-bond donors (Lipinski definition) is 3. The molecule has 1 saturated heterocycles. The van der Waals surface area contributed by atoms with E-state index < -0.39 is 0 Å². The highest BCUT2D eigenvalue weighted by Crippen LogP contribution is 2.29. The van der Waals surface area contributed by atoms with Gasteiger partial charge in [-0.1, -0.05) is 42.5 Å². The van der Waals surface area contributed by atoms with Crippen LogP contribution < -0.4 is 15.4 Å². The van der Waals surface area contributed by atoms with Crippen LogP contribution in [0.15, 0.2) is 53.5 Å².